The Morgan fingerprint density at radius 3 is 3.06 bits per heavy atom. The first-order valence-corrected chi connectivity index (χ1v) is 6.70. The summed E-state index contributed by atoms with van der Waals surface area (Å²) in [5, 5.41) is 3.49. The van der Waals surface area contributed by atoms with Gasteiger partial charge in [0, 0.05) is 24.3 Å². The van der Waals surface area contributed by atoms with E-state index in [1.54, 1.807) is 6.20 Å². The van der Waals surface area contributed by atoms with Gasteiger partial charge in [0.15, 0.2) is 0 Å². The Bertz CT molecular complexity index is 337. The summed E-state index contributed by atoms with van der Waals surface area (Å²) < 4.78 is 5.74. The van der Waals surface area contributed by atoms with E-state index in [0.717, 1.165) is 31.5 Å². The summed E-state index contributed by atoms with van der Waals surface area (Å²) in [7, 11) is 0. The van der Waals surface area contributed by atoms with Crippen LogP contribution in [-0.2, 0) is 6.54 Å². The van der Waals surface area contributed by atoms with Crippen LogP contribution in [0.2, 0.25) is 0 Å². The third-order valence-electron chi connectivity index (χ3n) is 3.00. The molecule has 1 N–H and O–H groups in total. The number of hydrogen-bond acceptors (Lipinski definition) is 3. The highest BCUT2D eigenvalue weighted by Gasteiger charge is 2.20. The smallest absolute Gasteiger partial charge is 0.217 e. The average molecular weight is 234 g/mol. The van der Waals surface area contributed by atoms with Crippen LogP contribution in [0.3, 0.4) is 0 Å². The van der Waals surface area contributed by atoms with Crippen LogP contribution in [0.4, 0.5) is 0 Å². The van der Waals surface area contributed by atoms with E-state index < -0.39 is 0 Å². The van der Waals surface area contributed by atoms with Crippen molar-refractivity contribution in [3.8, 4) is 5.88 Å². The fourth-order valence-electron chi connectivity index (χ4n) is 1.75. The number of unbranched alkanes of at least 4 members (excludes halogenated alkanes) is 2. The minimum Gasteiger partial charge on any atom is -0.477 e. The van der Waals surface area contributed by atoms with Crippen LogP contribution < -0.4 is 10.1 Å². The number of aromatic nitrogens is 1. The van der Waals surface area contributed by atoms with Crippen LogP contribution in [0.15, 0.2) is 18.3 Å². The SMILES string of the molecule is CCCCCOc1ncccc1CNC1CC1. The highest BCUT2D eigenvalue weighted by atomic mass is 16.5. The molecule has 1 fully saturated rings. The zero-order chi connectivity index (χ0) is 11.9. The maximum atomic E-state index is 5.74. The molecule has 17 heavy (non-hydrogen) atoms. The molecule has 0 atom stereocenters. The van der Waals surface area contributed by atoms with Gasteiger partial charge < -0.3 is 10.1 Å². The molecule has 1 aromatic heterocycles. The molecule has 2 rings (SSSR count). The van der Waals surface area contributed by atoms with E-state index in [-0.39, 0.29) is 0 Å². The van der Waals surface area contributed by atoms with Crippen molar-refractivity contribution in [1.29, 1.82) is 0 Å². The lowest BCUT2D eigenvalue weighted by Gasteiger charge is -2.10. The van der Waals surface area contributed by atoms with Crippen molar-refractivity contribution in [3.05, 3.63) is 23.9 Å². The first-order valence-electron chi connectivity index (χ1n) is 6.70. The maximum absolute atomic E-state index is 5.74. The molecule has 1 saturated carbocycles. The van der Waals surface area contributed by atoms with Crippen molar-refractivity contribution in [2.75, 3.05) is 6.61 Å². The van der Waals surface area contributed by atoms with Gasteiger partial charge in [-0.15, -0.1) is 0 Å². The molecule has 1 aliphatic carbocycles. The van der Waals surface area contributed by atoms with Crippen molar-refractivity contribution < 1.29 is 4.74 Å². The van der Waals surface area contributed by atoms with Gasteiger partial charge in [-0.05, 0) is 25.3 Å². The summed E-state index contributed by atoms with van der Waals surface area (Å²) in [5.41, 5.74) is 1.18. The van der Waals surface area contributed by atoms with Gasteiger partial charge in [-0.3, -0.25) is 0 Å². The summed E-state index contributed by atoms with van der Waals surface area (Å²) in [5.74, 6) is 0.803. The lowest BCUT2D eigenvalue weighted by molar-refractivity contribution is 0.291. The second kappa shape index (κ2) is 6.60. The molecule has 3 heteroatoms. The number of pyridine rings is 1. The number of ether oxygens (including phenoxy) is 1. The van der Waals surface area contributed by atoms with Gasteiger partial charge in [0.2, 0.25) is 5.88 Å². The molecule has 0 aliphatic heterocycles. The normalized spacial score (nSPS) is 14.9. The van der Waals surface area contributed by atoms with Crippen LogP contribution in [0.1, 0.15) is 44.6 Å². The maximum Gasteiger partial charge on any atom is 0.217 e. The van der Waals surface area contributed by atoms with E-state index in [4.69, 9.17) is 4.74 Å². The Morgan fingerprint density at radius 1 is 1.41 bits per heavy atom. The second-order valence-electron chi connectivity index (χ2n) is 4.68. The van der Waals surface area contributed by atoms with Gasteiger partial charge in [0.25, 0.3) is 0 Å². The molecule has 0 unspecified atom stereocenters. The standard InChI is InChI=1S/C14H22N2O/c1-2-3-4-10-17-14-12(6-5-9-15-14)11-16-13-7-8-13/h5-6,9,13,16H,2-4,7-8,10-11H2,1H3. The van der Waals surface area contributed by atoms with E-state index in [1.807, 2.05) is 6.07 Å². The first kappa shape index (κ1) is 12.4. The molecule has 1 aromatic rings. The third kappa shape index (κ3) is 4.35. The van der Waals surface area contributed by atoms with Crippen LogP contribution in [0.5, 0.6) is 5.88 Å². The van der Waals surface area contributed by atoms with Crippen LogP contribution in [0, 0.1) is 0 Å². The summed E-state index contributed by atoms with van der Waals surface area (Å²) >= 11 is 0. The molecule has 0 bridgehead atoms. The van der Waals surface area contributed by atoms with Gasteiger partial charge in [-0.1, -0.05) is 25.8 Å². The number of rotatable bonds is 8. The molecular formula is C14H22N2O. The van der Waals surface area contributed by atoms with E-state index in [1.165, 1.54) is 31.2 Å². The monoisotopic (exact) mass is 234 g/mol. The van der Waals surface area contributed by atoms with Crippen LogP contribution >= 0.6 is 0 Å². The molecule has 1 heterocycles. The topological polar surface area (TPSA) is 34.1 Å². The fraction of sp³-hybridized carbons (Fsp3) is 0.643. The van der Waals surface area contributed by atoms with Gasteiger partial charge in [0.05, 0.1) is 6.61 Å². The van der Waals surface area contributed by atoms with Crippen molar-refractivity contribution in [1.82, 2.24) is 10.3 Å². The molecule has 0 amide bonds. The lowest BCUT2D eigenvalue weighted by atomic mass is 10.2. The first-order chi connectivity index (χ1) is 8.40. The highest BCUT2D eigenvalue weighted by Crippen LogP contribution is 2.21. The number of nitrogens with zero attached hydrogens (tertiary/aromatic N) is 1. The van der Waals surface area contributed by atoms with Crippen LogP contribution in [0.25, 0.3) is 0 Å². The third-order valence-corrected chi connectivity index (χ3v) is 3.00. The van der Waals surface area contributed by atoms with Gasteiger partial charge >= 0.3 is 0 Å². The molecule has 0 aromatic carbocycles. The summed E-state index contributed by atoms with van der Waals surface area (Å²) in [6.07, 6.45) is 7.99. The Morgan fingerprint density at radius 2 is 2.29 bits per heavy atom. The summed E-state index contributed by atoms with van der Waals surface area (Å²) in [4.78, 5) is 4.31. The molecule has 3 nitrogen and oxygen atoms in total. The van der Waals surface area contributed by atoms with E-state index in [2.05, 4.69) is 23.3 Å². The van der Waals surface area contributed by atoms with Gasteiger partial charge in [0.1, 0.15) is 0 Å². The minimum atomic E-state index is 0.725. The number of nitrogens with one attached hydrogen (secondary N) is 1. The Kier molecular flexibility index (Phi) is 4.80. The molecular weight excluding hydrogens is 212 g/mol. The zero-order valence-electron chi connectivity index (χ0n) is 10.6. The summed E-state index contributed by atoms with van der Waals surface area (Å²) in [6.45, 7) is 3.86. The van der Waals surface area contributed by atoms with Crippen LogP contribution in [-0.4, -0.2) is 17.6 Å². The van der Waals surface area contributed by atoms with E-state index in [9.17, 15) is 0 Å². The molecule has 0 saturated heterocycles. The zero-order valence-corrected chi connectivity index (χ0v) is 10.6. The highest BCUT2D eigenvalue weighted by molar-refractivity contribution is 5.25. The number of hydrogen-bond donors (Lipinski definition) is 1. The van der Waals surface area contributed by atoms with Crippen molar-refractivity contribution in [2.24, 2.45) is 0 Å². The van der Waals surface area contributed by atoms with Crippen molar-refractivity contribution >= 4 is 0 Å². The fourth-order valence-corrected chi connectivity index (χ4v) is 1.75. The predicted octanol–water partition coefficient (Wildman–Crippen LogP) is 2.90. The minimum absolute atomic E-state index is 0.725. The van der Waals surface area contributed by atoms with Crippen molar-refractivity contribution in [2.45, 2.75) is 51.6 Å². The van der Waals surface area contributed by atoms with E-state index in [0.29, 0.717) is 0 Å². The molecule has 0 radical (unpaired) electrons. The Balaban J connectivity index is 1.80. The average Bonchev–Trinajstić information content (AvgIpc) is 3.17. The second-order valence-corrected chi connectivity index (χ2v) is 4.68. The Labute approximate surface area is 104 Å². The van der Waals surface area contributed by atoms with E-state index >= 15 is 0 Å². The van der Waals surface area contributed by atoms with Gasteiger partial charge in [-0.25, -0.2) is 4.98 Å². The largest absolute Gasteiger partial charge is 0.477 e. The molecule has 0 spiro atoms. The lowest BCUT2D eigenvalue weighted by Crippen LogP contribution is -2.16. The van der Waals surface area contributed by atoms with Crippen molar-refractivity contribution in [3.63, 3.8) is 0 Å². The molecule has 1 aliphatic rings. The summed E-state index contributed by atoms with van der Waals surface area (Å²) in [6, 6.07) is 4.79. The molecule has 94 valence electrons. The predicted molar refractivity (Wildman–Crippen MR) is 69.1 cm³/mol. The van der Waals surface area contributed by atoms with Gasteiger partial charge in [-0.2, -0.15) is 0 Å². The Hall–Kier alpha value is -1.09. The quantitative estimate of drug-likeness (QED) is 0.702.